The van der Waals surface area contributed by atoms with Gasteiger partial charge in [0.2, 0.25) is 15.9 Å². The van der Waals surface area contributed by atoms with Crippen LogP contribution < -0.4 is 4.90 Å². The molecule has 180 valence electrons. The van der Waals surface area contributed by atoms with Gasteiger partial charge >= 0.3 is 0 Å². The average Bonchev–Trinajstić information content (AvgIpc) is 3.24. The van der Waals surface area contributed by atoms with E-state index in [0.29, 0.717) is 37.7 Å². The van der Waals surface area contributed by atoms with Crippen molar-refractivity contribution >= 4 is 21.7 Å². The lowest BCUT2D eigenvalue weighted by Crippen LogP contribution is -2.50. The van der Waals surface area contributed by atoms with Crippen LogP contribution in [0.15, 0.2) is 17.0 Å². The highest BCUT2D eigenvalue weighted by Gasteiger charge is 2.43. The van der Waals surface area contributed by atoms with Crippen LogP contribution in [0.4, 0.5) is 5.82 Å². The number of carbonyl (C=O) groups excluding carboxylic acids is 1. The summed E-state index contributed by atoms with van der Waals surface area (Å²) in [4.78, 5) is 22.1. The molecule has 1 atom stereocenters. The number of amides is 1. The van der Waals surface area contributed by atoms with E-state index in [2.05, 4.69) is 11.9 Å². The lowest BCUT2D eigenvalue weighted by Gasteiger charge is -2.36. The fourth-order valence-electron chi connectivity index (χ4n) is 5.14. The SMILES string of the molecule is CCN(c1nc(C)ccc1S(=O)(=O)N1CCC[C@H]1C(=O)N(C)C1CCC(C)CC1)C(C)C. The minimum Gasteiger partial charge on any atom is -0.353 e. The first-order chi connectivity index (χ1) is 15.1. The third-order valence-electron chi connectivity index (χ3n) is 7.17. The van der Waals surface area contributed by atoms with Crippen molar-refractivity contribution in [1.29, 1.82) is 0 Å². The molecule has 0 aromatic carbocycles. The summed E-state index contributed by atoms with van der Waals surface area (Å²) in [6, 6.07) is 3.08. The van der Waals surface area contributed by atoms with Crippen molar-refractivity contribution in [3.8, 4) is 0 Å². The highest BCUT2D eigenvalue weighted by Crippen LogP contribution is 2.34. The standard InChI is InChI=1S/C24H40N4O3S/c1-7-27(17(2)3)23-22(15-12-19(5)25-23)32(30,31)28-16-8-9-21(28)24(29)26(6)20-13-10-18(4)11-14-20/h12,15,17-18,20-21H,7-11,13-14,16H2,1-6H3/t18?,20?,21-/m0/s1. The van der Waals surface area contributed by atoms with Crippen LogP contribution in [0.2, 0.25) is 0 Å². The number of hydrogen-bond donors (Lipinski definition) is 0. The van der Waals surface area contributed by atoms with E-state index in [1.54, 1.807) is 12.1 Å². The predicted octanol–water partition coefficient (Wildman–Crippen LogP) is 3.81. The average molecular weight is 465 g/mol. The van der Waals surface area contributed by atoms with Gasteiger partial charge in [0.15, 0.2) is 0 Å². The Morgan fingerprint density at radius 2 is 1.84 bits per heavy atom. The topological polar surface area (TPSA) is 73.8 Å². The van der Waals surface area contributed by atoms with E-state index in [4.69, 9.17) is 0 Å². The molecule has 1 aliphatic heterocycles. The maximum Gasteiger partial charge on any atom is 0.247 e. The minimum absolute atomic E-state index is 0.0662. The van der Waals surface area contributed by atoms with E-state index in [1.165, 1.54) is 4.31 Å². The molecule has 1 amide bonds. The highest BCUT2D eigenvalue weighted by atomic mass is 32.2. The Morgan fingerprint density at radius 3 is 2.44 bits per heavy atom. The molecule has 1 aromatic rings. The van der Waals surface area contributed by atoms with Crippen molar-refractivity contribution in [3.63, 3.8) is 0 Å². The van der Waals surface area contributed by atoms with Crippen molar-refractivity contribution in [2.45, 2.75) is 96.2 Å². The first-order valence-electron chi connectivity index (χ1n) is 12.1. The molecule has 8 heteroatoms. The molecule has 0 radical (unpaired) electrons. The van der Waals surface area contributed by atoms with E-state index in [0.717, 1.165) is 31.4 Å². The van der Waals surface area contributed by atoms with Crippen molar-refractivity contribution in [1.82, 2.24) is 14.2 Å². The summed E-state index contributed by atoms with van der Waals surface area (Å²) in [6.45, 7) is 11.2. The largest absolute Gasteiger partial charge is 0.353 e. The predicted molar refractivity (Wildman–Crippen MR) is 128 cm³/mol. The molecule has 7 nitrogen and oxygen atoms in total. The molecule has 0 spiro atoms. The number of aromatic nitrogens is 1. The summed E-state index contributed by atoms with van der Waals surface area (Å²) in [5, 5.41) is 0. The molecule has 0 bridgehead atoms. The van der Waals surface area contributed by atoms with E-state index < -0.39 is 16.1 Å². The highest BCUT2D eigenvalue weighted by molar-refractivity contribution is 7.89. The second kappa shape index (κ2) is 10.1. The van der Waals surface area contributed by atoms with Crippen LogP contribution in [0.5, 0.6) is 0 Å². The Balaban J connectivity index is 1.90. The van der Waals surface area contributed by atoms with Crippen molar-refractivity contribution in [3.05, 3.63) is 17.8 Å². The monoisotopic (exact) mass is 464 g/mol. The van der Waals surface area contributed by atoms with Gasteiger partial charge in [0.25, 0.3) is 0 Å². The smallest absolute Gasteiger partial charge is 0.247 e. The summed E-state index contributed by atoms with van der Waals surface area (Å²) in [5.41, 5.74) is 0.776. The summed E-state index contributed by atoms with van der Waals surface area (Å²) < 4.78 is 29.1. The van der Waals surface area contributed by atoms with Gasteiger partial charge < -0.3 is 9.80 Å². The Bertz CT molecular complexity index is 910. The summed E-state index contributed by atoms with van der Waals surface area (Å²) in [7, 11) is -2.01. The Morgan fingerprint density at radius 1 is 1.19 bits per heavy atom. The van der Waals surface area contributed by atoms with Crippen LogP contribution in [0.3, 0.4) is 0 Å². The third kappa shape index (κ3) is 4.96. The van der Waals surface area contributed by atoms with Gasteiger partial charge in [-0.05, 0) is 84.3 Å². The number of rotatable bonds is 7. The van der Waals surface area contributed by atoms with Gasteiger partial charge in [-0.3, -0.25) is 4.79 Å². The van der Waals surface area contributed by atoms with Crippen LogP contribution in [-0.2, 0) is 14.8 Å². The molecule has 32 heavy (non-hydrogen) atoms. The quantitative estimate of drug-likeness (QED) is 0.613. The van der Waals surface area contributed by atoms with Crippen molar-refractivity contribution in [2.75, 3.05) is 25.0 Å². The lowest BCUT2D eigenvalue weighted by molar-refractivity contribution is -0.136. The molecule has 0 N–H and O–H groups in total. The van der Waals surface area contributed by atoms with Gasteiger partial charge in [-0.25, -0.2) is 13.4 Å². The molecule has 2 fully saturated rings. The Labute approximate surface area is 194 Å². The summed E-state index contributed by atoms with van der Waals surface area (Å²) in [6.07, 6.45) is 5.50. The van der Waals surface area contributed by atoms with Crippen LogP contribution in [-0.4, -0.2) is 66.8 Å². The number of hydrogen-bond acceptors (Lipinski definition) is 5. The lowest BCUT2D eigenvalue weighted by atomic mass is 9.86. The van der Waals surface area contributed by atoms with Crippen LogP contribution in [0.25, 0.3) is 0 Å². The van der Waals surface area contributed by atoms with Crippen LogP contribution in [0.1, 0.15) is 71.9 Å². The van der Waals surface area contributed by atoms with E-state index in [-0.39, 0.29) is 22.9 Å². The van der Waals surface area contributed by atoms with Crippen molar-refractivity contribution < 1.29 is 13.2 Å². The van der Waals surface area contributed by atoms with E-state index in [9.17, 15) is 13.2 Å². The van der Waals surface area contributed by atoms with Gasteiger partial charge in [-0.15, -0.1) is 0 Å². The summed E-state index contributed by atoms with van der Waals surface area (Å²) in [5.74, 6) is 1.12. The van der Waals surface area contributed by atoms with Gasteiger partial charge in [-0.2, -0.15) is 4.31 Å². The first kappa shape index (κ1) is 25.0. The fourth-order valence-corrected chi connectivity index (χ4v) is 6.93. The number of anilines is 1. The second-order valence-electron chi connectivity index (χ2n) is 9.79. The zero-order chi connectivity index (χ0) is 23.6. The molecule has 0 unspecified atom stereocenters. The fraction of sp³-hybridized carbons (Fsp3) is 0.750. The maximum absolute atomic E-state index is 13.9. The van der Waals surface area contributed by atoms with E-state index >= 15 is 0 Å². The molecule has 1 aliphatic carbocycles. The molecule has 1 saturated carbocycles. The van der Waals surface area contributed by atoms with E-state index in [1.807, 2.05) is 44.5 Å². The number of aryl methyl sites for hydroxylation is 1. The number of likely N-dealkylation sites (N-methyl/N-ethyl adjacent to an activating group) is 1. The zero-order valence-electron chi connectivity index (χ0n) is 20.5. The zero-order valence-corrected chi connectivity index (χ0v) is 21.4. The molecular weight excluding hydrogens is 424 g/mol. The van der Waals surface area contributed by atoms with Gasteiger partial charge in [0.05, 0.1) is 0 Å². The number of sulfonamides is 1. The minimum atomic E-state index is -3.86. The Hall–Kier alpha value is -1.67. The molecule has 2 aliphatic rings. The Kier molecular flexibility index (Phi) is 7.86. The van der Waals surface area contributed by atoms with Gasteiger partial charge in [0.1, 0.15) is 16.8 Å². The summed E-state index contributed by atoms with van der Waals surface area (Å²) >= 11 is 0. The normalized spacial score (nSPS) is 24.7. The molecule has 1 aromatic heterocycles. The maximum atomic E-state index is 13.9. The second-order valence-corrected chi connectivity index (χ2v) is 11.6. The van der Waals surface area contributed by atoms with Gasteiger partial charge in [0, 0.05) is 37.9 Å². The van der Waals surface area contributed by atoms with Crippen LogP contribution in [0, 0.1) is 12.8 Å². The van der Waals surface area contributed by atoms with Gasteiger partial charge in [-0.1, -0.05) is 6.92 Å². The number of nitrogens with zero attached hydrogens (tertiary/aromatic N) is 4. The third-order valence-corrected chi connectivity index (χ3v) is 9.10. The van der Waals surface area contributed by atoms with Crippen LogP contribution >= 0.6 is 0 Å². The molecule has 1 saturated heterocycles. The van der Waals surface area contributed by atoms with Crippen molar-refractivity contribution in [2.24, 2.45) is 5.92 Å². The molecular formula is C24H40N4O3S. The first-order valence-corrected chi connectivity index (χ1v) is 13.5. The number of carbonyl (C=O) groups is 1. The number of pyridine rings is 1. The molecule has 2 heterocycles. The molecule has 3 rings (SSSR count).